The van der Waals surface area contributed by atoms with Gasteiger partial charge in [-0.3, -0.25) is 0 Å². The Morgan fingerprint density at radius 2 is 1.82 bits per heavy atom. The Labute approximate surface area is 80.2 Å². The van der Waals surface area contributed by atoms with Crippen LogP contribution in [0.2, 0.25) is 13.1 Å². The van der Waals surface area contributed by atoms with Gasteiger partial charge in [-0.25, -0.2) is 0 Å². The molecule has 1 nitrogen and oxygen atoms in total. The molecule has 0 aromatic carbocycles. The van der Waals surface area contributed by atoms with E-state index < -0.39 is 8.32 Å². The number of hydrogen-bond acceptors (Lipinski definition) is 1. The molecule has 0 fully saturated rings. The second-order valence-corrected chi connectivity index (χ2v) is 9.09. The molecule has 0 aliphatic heterocycles. The van der Waals surface area contributed by atoms with Gasteiger partial charge in [0.15, 0.2) is 0 Å². The van der Waals surface area contributed by atoms with Crippen molar-refractivity contribution in [3.05, 3.63) is 0 Å². The first-order chi connectivity index (χ1) is 4.90. The average molecular weight is 215 g/mol. The van der Waals surface area contributed by atoms with Gasteiger partial charge in [-0.05, 0) is 26.4 Å². The Hall–Kier alpha value is 0.757. The van der Waals surface area contributed by atoms with Crippen molar-refractivity contribution in [2.24, 2.45) is 0 Å². The zero-order valence-electron chi connectivity index (χ0n) is 7.53. The summed E-state index contributed by atoms with van der Waals surface area (Å²) in [6.07, 6.45) is 1.29. The van der Waals surface area contributed by atoms with E-state index in [1.807, 2.05) is 20.0 Å². The molecule has 0 radical (unpaired) electrons. The Kier molecular flexibility index (Phi) is 5.03. The number of alkyl halides is 2. The fourth-order valence-electron chi connectivity index (χ4n) is 0.653. The Bertz CT molecular complexity index is 117. The van der Waals surface area contributed by atoms with Crippen LogP contribution in [0.1, 0.15) is 20.3 Å². The molecule has 0 bridgehead atoms. The average Bonchev–Trinajstić information content (AvgIpc) is 1.86. The maximum absolute atomic E-state index is 5.77. The molecule has 0 spiro atoms. The van der Waals surface area contributed by atoms with Crippen molar-refractivity contribution in [1.29, 1.82) is 0 Å². The molecule has 0 aliphatic carbocycles. The summed E-state index contributed by atoms with van der Waals surface area (Å²) in [5.41, 5.74) is 0. The largest absolute Gasteiger partial charge is 0.412 e. The summed E-state index contributed by atoms with van der Waals surface area (Å²) in [6.45, 7) is 8.20. The van der Waals surface area contributed by atoms with E-state index in [4.69, 9.17) is 27.6 Å². The van der Waals surface area contributed by atoms with Crippen molar-refractivity contribution >= 4 is 31.5 Å². The monoisotopic (exact) mass is 214 g/mol. The lowest BCUT2D eigenvalue weighted by Crippen LogP contribution is -2.41. The molecule has 0 amide bonds. The Morgan fingerprint density at radius 3 is 2.09 bits per heavy atom. The van der Waals surface area contributed by atoms with Gasteiger partial charge in [0, 0.05) is 6.10 Å². The highest BCUT2D eigenvalue weighted by Crippen LogP contribution is 2.21. The highest BCUT2D eigenvalue weighted by Gasteiger charge is 2.32. The first-order valence-electron chi connectivity index (χ1n) is 3.86. The van der Waals surface area contributed by atoms with Gasteiger partial charge in [0.25, 0.3) is 0 Å². The highest BCUT2D eigenvalue weighted by atomic mass is 35.5. The van der Waals surface area contributed by atoms with E-state index in [2.05, 4.69) is 6.92 Å². The molecule has 68 valence electrons. The molecule has 0 N–H and O–H groups in total. The van der Waals surface area contributed by atoms with E-state index in [9.17, 15) is 0 Å². The van der Waals surface area contributed by atoms with E-state index in [1.165, 1.54) is 0 Å². The minimum atomic E-state index is -1.83. The summed E-state index contributed by atoms with van der Waals surface area (Å²) in [5.74, 6) is 0. The molecule has 1 atom stereocenters. The second-order valence-electron chi connectivity index (χ2n) is 3.24. The van der Waals surface area contributed by atoms with E-state index in [0.717, 1.165) is 6.42 Å². The molecule has 0 aliphatic rings. The van der Waals surface area contributed by atoms with Crippen molar-refractivity contribution in [1.82, 2.24) is 0 Å². The highest BCUT2D eigenvalue weighted by molar-refractivity contribution is 6.88. The lowest BCUT2D eigenvalue weighted by Gasteiger charge is -2.27. The van der Waals surface area contributed by atoms with Crippen LogP contribution in [0.15, 0.2) is 0 Å². The lowest BCUT2D eigenvalue weighted by atomic mass is 10.3. The molecular formula is C7H16Cl2OSi. The van der Waals surface area contributed by atoms with Crippen LogP contribution in [-0.2, 0) is 4.43 Å². The van der Waals surface area contributed by atoms with Gasteiger partial charge in [-0.2, -0.15) is 0 Å². The zero-order chi connectivity index (χ0) is 9.07. The third-order valence-electron chi connectivity index (χ3n) is 1.61. The Morgan fingerprint density at radius 1 is 1.36 bits per heavy atom. The van der Waals surface area contributed by atoms with Gasteiger partial charge in [0.2, 0.25) is 8.32 Å². The molecule has 0 saturated heterocycles. The van der Waals surface area contributed by atoms with E-state index in [-0.39, 0.29) is 10.6 Å². The van der Waals surface area contributed by atoms with Gasteiger partial charge in [-0.1, -0.05) is 6.92 Å². The van der Waals surface area contributed by atoms with Crippen LogP contribution in [0.5, 0.6) is 0 Å². The van der Waals surface area contributed by atoms with Crippen LogP contribution in [0, 0.1) is 0 Å². The summed E-state index contributed by atoms with van der Waals surface area (Å²) in [6, 6.07) is 0. The van der Waals surface area contributed by atoms with Crippen LogP contribution in [0.25, 0.3) is 0 Å². The summed E-state index contributed by atoms with van der Waals surface area (Å²) in [7, 11) is -1.83. The van der Waals surface area contributed by atoms with Crippen molar-refractivity contribution in [2.45, 2.75) is 43.9 Å². The van der Waals surface area contributed by atoms with Gasteiger partial charge in [-0.15, -0.1) is 23.2 Å². The van der Waals surface area contributed by atoms with E-state index in [0.29, 0.717) is 0 Å². The van der Waals surface area contributed by atoms with E-state index >= 15 is 0 Å². The zero-order valence-corrected chi connectivity index (χ0v) is 10.0. The fraction of sp³-hybridized carbons (Fsp3) is 1.00. The fourth-order valence-corrected chi connectivity index (χ4v) is 2.27. The normalized spacial score (nSPS) is 15.5. The maximum atomic E-state index is 5.77. The molecule has 1 unspecified atom stereocenters. The van der Waals surface area contributed by atoms with Crippen LogP contribution in [0.3, 0.4) is 0 Å². The van der Waals surface area contributed by atoms with Crippen LogP contribution < -0.4 is 0 Å². The molecule has 0 heterocycles. The maximum Gasteiger partial charge on any atom is 0.220 e. The first-order valence-corrected chi connectivity index (χ1v) is 7.72. The van der Waals surface area contributed by atoms with Gasteiger partial charge < -0.3 is 4.43 Å². The topological polar surface area (TPSA) is 9.23 Å². The summed E-state index contributed by atoms with van der Waals surface area (Å²) in [4.78, 5) is 0. The quantitative estimate of drug-likeness (QED) is 0.516. The molecule has 0 rings (SSSR count). The summed E-state index contributed by atoms with van der Waals surface area (Å²) < 4.78 is 5.39. The Balaban J connectivity index is 3.90. The van der Waals surface area contributed by atoms with Crippen LogP contribution in [0.4, 0.5) is 0 Å². The van der Waals surface area contributed by atoms with Gasteiger partial charge in [0.1, 0.15) is 4.46 Å². The lowest BCUT2D eigenvalue weighted by molar-refractivity contribution is 0.208. The predicted octanol–water partition coefficient (Wildman–Crippen LogP) is 3.35. The SMILES string of the molecule is CCC(C)O[Si](C)(C)C(Cl)Cl. The minimum absolute atomic E-state index is 0.275. The summed E-state index contributed by atoms with van der Waals surface area (Å²) in [5, 5.41) is 0. The predicted molar refractivity (Wildman–Crippen MR) is 53.8 cm³/mol. The molecule has 0 saturated carbocycles. The smallest absolute Gasteiger partial charge is 0.220 e. The summed E-state index contributed by atoms with van der Waals surface area (Å²) >= 11 is 11.5. The van der Waals surface area contributed by atoms with Crippen molar-refractivity contribution in [2.75, 3.05) is 0 Å². The van der Waals surface area contributed by atoms with Crippen LogP contribution >= 0.6 is 23.2 Å². The second kappa shape index (κ2) is 4.70. The number of hydrogen-bond donors (Lipinski definition) is 0. The van der Waals surface area contributed by atoms with Gasteiger partial charge >= 0.3 is 0 Å². The van der Waals surface area contributed by atoms with Crippen molar-refractivity contribution < 1.29 is 4.43 Å². The van der Waals surface area contributed by atoms with E-state index in [1.54, 1.807) is 0 Å². The first kappa shape index (κ1) is 11.8. The third-order valence-corrected chi connectivity index (χ3v) is 6.82. The minimum Gasteiger partial charge on any atom is -0.412 e. The molecule has 0 aromatic rings. The molecular weight excluding hydrogens is 199 g/mol. The van der Waals surface area contributed by atoms with Crippen molar-refractivity contribution in [3.8, 4) is 0 Å². The molecule has 11 heavy (non-hydrogen) atoms. The standard InChI is InChI=1S/C7H16Cl2OSi/c1-5-6(2)10-11(3,4)7(8)9/h6-7H,5H2,1-4H3. The van der Waals surface area contributed by atoms with Gasteiger partial charge in [0.05, 0.1) is 0 Å². The number of halogens is 2. The van der Waals surface area contributed by atoms with Crippen molar-refractivity contribution in [3.63, 3.8) is 0 Å². The molecule has 0 aromatic heterocycles. The van der Waals surface area contributed by atoms with Crippen LogP contribution in [-0.4, -0.2) is 18.9 Å². The third kappa shape index (κ3) is 4.36. The number of rotatable bonds is 4. The molecule has 4 heteroatoms.